The van der Waals surface area contributed by atoms with E-state index in [0.717, 1.165) is 22.1 Å². The molecule has 3 nitrogen and oxygen atoms in total. The van der Waals surface area contributed by atoms with Crippen LogP contribution >= 0.6 is 11.8 Å². The second-order valence-corrected chi connectivity index (χ2v) is 5.78. The van der Waals surface area contributed by atoms with Gasteiger partial charge in [0.25, 0.3) is 5.22 Å². The molecule has 1 aliphatic heterocycles. The Kier molecular flexibility index (Phi) is 3.86. The van der Waals surface area contributed by atoms with E-state index < -0.39 is 0 Å². The van der Waals surface area contributed by atoms with Crippen LogP contribution in [0.3, 0.4) is 0 Å². The molecule has 3 rings (SSSR count). The van der Waals surface area contributed by atoms with Crippen LogP contribution in [0.25, 0.3) is 11.1 Å². The summed E-state index contributed by atoms with van der Waals surface area (Å²) < 4.78 is 5.69. The van der Waals surface area contributed by atoms with E-state index in [0.29, 0.717) is 6.04 Å². The molecule has 1 fully saturated rings. The van der Waals surface area contributed by atoms with E-state index in [-0.39, 0.29) is 0 Å². The maximum atomic E-state index is 5.69. The standard InChI is InChI=1S/C14H18N2OS/c1-2-7-13-12(6-1)16-14(17-13)18-10-8-11-5-3-4-9-15-11/h1-2,6-7,11,15H,3-5,8-10H2. The highest BCUT2D eigenvalue weighted by Gasteiger charge is 2.13. The lowest BCUT2D eigenvalue weighted by atomic mass is 10.0. The predicted octanol–water partition coefficient (Wildman–Crippen LogP) is 3.45. The van der Waals surface area contributed by atoms with Gasteiger partial charge in [0.2, 0.25) is 0 Å². The number of fused-ring (bicyclic) bond motifs is 1. The van der Waals surface area contributed by atoms with E-state index in [1.54, 1.807) is 11.8 Å². The fourth-order valence-electron chi connectivity index (χ4n) is 2.37. The number of thioether (sulfide) groups is 1. The second-order valence-electron chi connectivity index (χ2n) is 4.73. The average molecular weight is 262 g/mol. The summed E-state index contributed by atoms with van der Waals surface area (Å²) in [5, 5.41) is 4.37. The predicted molar refractivity (Wildman–Crippen MR) is 75.0 cm³/mol. The number of piperidine rings is 1. The van der Waals surface area contributed by atoms with Gasteiger partial charge in [-0.2, -0.15) is 0 Å². The van der Waals surface area contributed by atoms with Crippen LogP contribution in [0.4, 0.5) is 0 Å². The van der Waals surface area contributed by atoms with E-state index >= 15 is 0 Å². The molecule has 1 unspecified atom stereocenters. The lowest BCUT2D eigenvalue weighted by Gasteiger charge is -2.22. The summed E-state index contributed by atoms with van der Waals surface area (Å²) in [7, 11) is 0. The Morgan fingerprint density at radius 2 is 2.28 bits per heavy atom. The third-order valence-corrected chi connectivity index (χ3v) is 4.24. The molecule has 1 aromatic heterocycles. The first-order valence-electron chi connectivity index (χ1n) is 6.63. The molecule has 18 heavy (non-hydrogen) atoms. The van der Waals surface area contributed by atoms with Gasteiger partial charge in [-0.3, -0.25) is 0 Å². The Morgan fingerprint density at radius 3 is 3.11 bits per heavy atom. The van der Waals surface area contributed by atoms with E-state index in [1.165, 1.54) is 32.2 Å². The molecule has 1 aromatic carbocycles. The van der Waals surface area contributed by atoms with Crippen LogP contribution < -0.4 is 5.32 Å². The van der Waals surface area contributed by atoms with Crippen LogP contribution in [0.1, 0.15) is 25.7 Å². The third-order valence-electron chi connectivity index (χ3n) is 3.38. The van der Waals surface area contributed by atoms with Crippen molar-refractivity contribution in [2.75, 3.05) is 12.3 Å². The van der Waals surface area contributed by atoms with Crippen molar-refractivity contribution >= 4 is 22.9 Å². The Labute approximate surface area is 111 Å². The van der Waals surface area contributed by atoms with Crippen molar-refractivity contribution in [2.45, 2.75) is 36.9 Å². The van der Waals surface area contributed by atoms with Crippen LogP contribution in [-0.2, 0) is 0 Å². The summed E-state index contributed by atoms with van der Waals surface area (Å²) in [5.74, 6) is 1.07. The Morgan fingerprint density at radius 1 is 1.33 bits per heavy atom. The lowest BCUT2D eigenvalue weighted by Crippen LogP contribution is -2.34. The monoisotopic (exact) mass is 262 g/mol. The van der Waals surface area contributed by atoms with Crippen LogP contribution in [0.5, 0.6) is 0 Å². The van der Waals surface area contributed by atoms with Gasteiger partial charge in [-0.25, -0.2) is 4.98 Å². The number of nitrogens with zero attached hydrogens (tertiary/aromatic N) is 1. The van der Waals surface area contributed by atoms with Crippen molar-refractivity contribution in [3.05, 3.63) is 24.3 Å². The first kappa shape index (κ1) is 12.1. The molecule has 1 N–H and O–H groups in total. The summed E-state index contributed by atoms with van der Waals surface area (Å²) in [6.45, 7) is 1.18. The number of nitrogens with one attached hydrogen (secondary N) is 1. The molecule has 1 aliphatic rings. The normalized spacial score (nSPS) is 20.3. The van der Waals surface area contributed by atoms with Crippen molar-refractivity contribution in [1.29, 1.82) is 0 Å². The summed E-state index contributed by atoms with van der Waals surface area (Å²) >= 11 is 1.72. The molecule has 0 radical (unpaired) electrons. The van der Waals surface area contributed by atoms with Gasteiger partial charge in [0.05, 0.1) is 0 Å². The number of hydrogen-bond donors (Lipinski definition) is 1. The van der Waals surface area contributed by atoms with Gasteiger partial charge in [0.1, 0.15) is 5.52 Å². The van der Waals surface area contributed by atoms with Gasteiger partial charge in [-0.05, 0) is 37.9 Å². The molecule has 0 spiro atoms. The summed E-state index contributed by atoms with van der Waals surface area (Å²) in [5.41, 5.74) is 1.84. The molecule has 1 atom stereocenters. The molecular formula is C14H18N2OS. The van der Waals surface area contributed by atoms with Crippen LogP contribution in [0.2, 0.25) is 0 Å². The summed E-state index contributed by atoms with van der Waals surface area (Å²) in [4.78, 5) is 4.47. The van der Waals surface area contributed by atoms with E-state index in [4.69, 9.17) is 4.42 Å². The number of oxazole rings is 1. The Bertz CT molecular complexity index is 472. The highest BCUT2D eigenvalue weighted by Crippen LogP contribution is 2.24. The highest BCUT2D eigenvalue weighted by atomic mass is 32.2. The number of hydrogen-bond acceptors (Lipinski definition) is 4. The van der Waals surface area contributed by atoms with Gasteiger partial charge >= 0.3 is 0 Å². The maximum absolute atomic E-state index is 5.69. The molecule has 0 saturated carbocycles. The first-order valence-corrected chi connectivity index (χ1v) is 7.62. The number of para-hydroxylation sites is 2. The van der Waals surface area contributed by atoms with Crippen LogP contribution in [-0.4, -0.2) is 23.3 Å². The zero-order chi connectivity index (χ0) is 12.2. The molecule has 2 heterocycles. The lowest BCUT2D eigenvalue weighted by molar-refractivity contribution is 0.394. The van der Waals surface area contributed by atoms with Crippen molar-refractivity contribution in [2.24, 2.45) is 0 Å². The minimum Gasteiger partial charge on any atom is -0.431 e. The van der Waals surface area contributed by atoms with Gasteiger partial charge in [-0.1, -0.05) is 30.3 Å². The van der Waals surface area contributed by atoms with Crippen LogP contribution in [0, 0.1) is 0 Å². The molecule has 2 aromatic rings. The minimum absolute atomic E-state index is 0.690. The topological polar surface area (TPSA) is 38.1 Å². The number of rotatable bonds is 4. The quantitative estimate of drug-likeness (QED) is 0.856. The summed E-state index contributed by atoms with van der Waals surface area (Å²) in [6.07, 6.45) is 5.21. The SMILES string of the molecule is c1ccc2oc(SCCC3CCCCN3)nc2c1. The highest BCUT2D eigenvalue weighted by molar-refractivity contribution is 7.99. The average Bonchev–Trinajstić information content (AvgIpc) is 2.82. The maximum Gasteiger partial charge on any atom is 0.256 e. The van der Waals surface area contributed by atoms with Crippen LogP contribution in [0.15, 0.2) is 33.9 Å². The molecule has 96 valence electrons. The van der Waals surface area contributed by atoms with Crippen molar-refractivity contribution in [1.82, 2.24) is 10.3 Å². The number of aromatic nitrogens is 1. The molecular weight excluding hydrogens is 244 g/mol. The minimum atomic E-state index is 0.690. The largest absolute Gasteiger partial charge is 0.431 e. The van der Waals surface area contributed by atoms with E-state index in [1.807, 2.05) is 24.3 Å². The molecule has 0 bridgehead atoms. The van der Waals surface area contributed by atoms with Gasteiger partial charge in [-0.15, -0.1) is 0 Å². The van der Waals surface area contributed by atoms with E-state index in [2.05, 4.69) is 10.3 Å². The molecule has 1 saturated heterocycles. The third kappa shape index (κ3) is 2.87. The fourth-order valence-corrected chi connectivity index (χ4v) is 3.26. The summed E-state index contributed by atoms with van der Waals surface area (Å²) in [6, 6.07) is 8.62. The zero-order valence-corrected chi connectivity index (χ0v) is 11.2. The van der Waals surface area contributed by atoms with Gasteiger partial charge in [0.15, 0.2) is 5.58 Å². The van der Waals surface area contributed by atoms with Crippen molar-refractivity contribution < 1.29 is 4.42 Å². The Hall–Kier alpha value is -1.00. The Balaban J connectivity index is 1.53. The molecule has 4 heteroatoms. The van der Waals surface area contributed by atoms with Crippen molar-refractivity contribution in [3.8, 4) is 0 Å². The zero-order valence-electron chi connectivity index (χ0n) is 10.4. The van der Waals surface area contributed by atoms with E-state index in [9.17, 15) is 0 Å². The second kappa shape index (κ2) is 5.76. The molecule has 0 amide bonds. The molecule has 0 aliphatic carbocycles. The van der Waals surface area contributed by atoms with Gasteiger partial charge in [0, 0.05) is 11.8 Å². The fraction of sp³-hybridized carbons (Fsp3) is 0.500. The number of benzene rings is 1. The smallest absolute Gasteiger partial charge is 0.256 e. The van der Waals surface area contributed by atoms with Gasteiger partial charge < -0.3 is 9.73 Å². The first-order chi connectivity index (χ1) is 8.92. The van der Waals surface area contributed by atoms with Crippen molar-refractivity contribution in [3.63, 3.8) is 0 Å².